The lowest BCUT2D eigenvalue weighted by molar-refractivity contribution is -0.274. The van der Waals surface area contributed by atoms with Gasteiger partial charge >= 0.3 is 6.36 Å². The van der Waals surface area contributed by atoms with Gasteiger partial charge in [-0.25, -0.2) is 0 Å². The van der Waals surface area contributed by atoms with E-state index >= 15 is 0 Å². The van der Waals surface area contributed by atoms with Crippen molar-refractivity contribution < 1.29 is 17.9 Å². The number of hydrogen-bond donors (Lipinski definition) is 0. The van der Waals surface area contributed by atoms with Gasteiger partial charge < -0.3 is 4.74 Å². The first-order valence-electron chi connectivity index (χ1n) is 9.98. The second kappa shape index (κ2) is 10.6. The van der Waals surface area contributed by atoms with Crippen molar-refractivity contribution in [3.05, 3.63) is 35.9 Å². The molecule has 0 heterocycles. The smallest absolute Gasteiger partial charge is 0.406 e. The number of hydrogen-bond acceptors (Lipinski definition) is 1. The fourth-order valence-corrected chi connectivity index (χ4v) is 3.82. The second-order valence-electron chi connectivity index (χ2n) is 7.48. The van der Waals surface area contributed by atoms with Crippen molar-refractivity contribution in [1.82, 2.24) is 0 Å². The Hall–Kier alpha value is -1.45. The zero-order valence-corrected chi connectivity index (χ0v) is 15.7. The summed E-state index contributed by atoms with van der Waals surface area (Å²) in [5.74, 6) is 1.61. The Kier molecular flexibility index (Phi) is 8.53. The standard InChI is InChI=1S/C22H31F3O/c1-2-3-4-7-18-10-12-19(13-11-18)8-5-6-9-20-14-16-21(17-15-20)26-22(23,24)25/h6,9,14-19H,2-5,7-8,10-13H2,1H3/b9-6-. The third-order valence-electron chi connectivity index (χ3n) is 5.35. The van der Waals surface area contributed by atoms with Crippen molar-refractivity contribution in [3.63, 3.8) is 0 Å². The van der Waals surface area contributed by atoms with Crippen LogP contribution in [0.3, 0.4) is 0 Å². The molecule has 0 unspecified atom stereocenters. The zero-order valence-electron chi connectivity index (χ0n) is 15.7. The van der Waals surface area contributed by atoms with Crippen molar-refractivity contribution in [2.24, 2.45) is 11.8 Å². The Morgan fingerprint density at radius 2 is 1.58 bits per heavy atom. The molecule has 0 N–H and O–H groups in total. The molecular formula is C22H31F3O. The Labute approximate surface area is 155 Å². The van der Waals surface area contributed by atoms with Crippen LogP contribution in [0, 0.1) is 11.8 Å². The van der Waals surface area contributed by atoms with Gasteiger partial charge in [0.25, 0.3) is 0 Å². The van der Waals surface area contributed by atoms with E-state index in [-0.39, 0.29) is 5.75 Å². The van der Waals surface area contributed by atoms with Gasteiger partial charge in [-0.05, 0) is 42.4 Å². The predicted octanol–water partition coefficient (Wildman–Crippen LogP) is 7.77. The van der Waals surface area contributed by atoms with E-state index in [0.29, 0.717) is 0 Å². The number of alkyl halides is 3. The van der Waals surface area contributed by atoms with Gasteiger partial charge in [-0.15, -0.1) is 13.2 Å². The summed E-state index contributed by atoms with van der Waals surface area (Å²) in [6.45, 7) is 2.26. The number of ether oxygens (including phenoxy) is 1. The van der Waals surface area contributed by atoms with Crippen molar-refractivity contribution in [2.75, 3.05) is 0 Å². The van der Waals surface area contributed by atoms with Gasteiger partial charge in [0.05, 0.1) is 0 Å². The topological polar surface area (TPSA) is 9.23 Å². The lowest BCUT2D eigenvalue weighted by Crippen LogP contribution is -2.16. The fourth-order valence-electron chi connectivity index (χ4n) is 3.82. The molecule has 0 saturated heterocycles. The molecule has 1 saturated carbocycles. The SMILES string of the molecule is CCCCCC1CCC(CC/C=C\c2ccc(OC(F)(F)F)cc2)CC1. The summed E-state index contributed by atoms with van der Waals surface area (Å²) in [7, 11) is 0. The molecule has 0 spiro atoms. The average Bonchev–Trinajstić information content (AvgIpc) is 2.60. The summed E-state index contributed by atoms with van der Waals surface area (Å²) in [5.41, 5.74) is 0.902. The molecule has 1 fully saturated rings. The molecule has 2 rings (SSSR count). The van der Waals surface area contributed by atoms with Crippen LogP contribution in [0.15, 0.2) is 30.3 Å². The maximum Gasteiger partial charge on any atom is 0.573 e. The molecule has 1 aromatic rings. The Morgan fingerprint density at radius 3 is 2.15 bits per heavy atom. The maximum absolute atomic E-state index is 12.1. The molecule has 0 radical (unpaired) electrons. The monoisotopic (exact) mass is 368 g/mol. The van der Waals surface area contributed by atoms with E-state index in [9.17, 15) is 13.2 Å². The van der Waals surface area contributed by atoms with Gasteiger partial charge in [0, 0.05) is 0 Å². The first kappa shape index (κ1) is 20.9. The lowest BCUT2D eigenvalue weighted by atomic mass is 9.78. The minimum atomic E-state index is -4.63. The van der Waals surface area contributed by atoms with E-state index in [1.807, 2.05) is 6.08 Å². The largest absolute Gasteiger partial charge is 0.573 e. The van der Waals surface area contributed by atoms with Crippen molar-refractivity contribution in [1.29, 1.82) is 0 Å². The zero-order chi connectivity index (χ0) is 18.8. The van der Waals surface area contributed by atoms with Crippen LogP contribution in [-0.2, 0) is 0 Å². The van der Waals surface area contributed by atoms with Crippen molar-refractivity contribution >= 4 is 6.08 Å². The van der Waals surface area contributed by atoms with E-state index < -0.39 is 6.36 Å². The van der Waals surface area contributed by atoms with Crippen LogP contribution in [-0.4, -0.2) is 6.36 Å². The molecule has 146 valence electrons. The molecule has 0 aromatic heterocycles. The molecule has 4 heteroatoms. The fraction of sp³-hybridized carbons (Fsp3) is 0.636. The van der Waals surface area contributed by atoms with Crippen molar-refractivity contribution in [3.8, 4) is 5.75 Å². The van der Waals surface area contributed by atoms with Gasteiger partial charge in [-0.2, -0.15) is 0 Å². The van der Waals surface area contributed by atoms with Crippen LogP contribution >= 0.6 is 0 Å². The van der Waals surface area contributed by atoms with Crippen molar-refractivity contribution in [2.45, 2.75) is 77.5 Å². The molecule has 1 aromatic carbocycles. The summed E-state index contributed by atoms with van der Waals surface area (Å²) in [4.78, 5) is 0. The molecule has 0 bridgehead atoms. The number of rotatable bonds is 9. The summed E-state index contributed by atoms with van der Waals surface area (Å²) in [6.07, 6.45) is 12.7. The lowest BCUT2D eigenvalue weighted by Gasteiger charge is -2.28. The van der Waals surface area contributed by atoms with Gasteiger partial charge in [0.2, 0.25) is 0 Å². The van der Waals surface area contributed by atoms with Crippen LogP contribution in [0.25, 0.3) is 6.08 Å². The van der Waals surface area contributed by atoms with Gasteiger partial charge in [0.15, 0.2) is 0 Å². The normalized spacial score (nSPS) is 21.2. The minimum absolute atomic E-state index is 0.176. The molecule has 0 aliphatic heterocycles. The quantitative estimate of drug-likeness (QED) is 0.405. The third-order valence-corrected chi connectivity index (χ3v) is 5.35. The average molecular weight is 368 g/mol. The minimum Gasteiger partial charge on any atom is -0.406 e. The van der Waals surface area contributed by atoms with Crippen LogP contribution in [0.5, 0.6) is 5.75 Å². The molecule has 0 amide bonds. The third kappa shape index (κ3) is 8.29. The highest BCUT2D eigenvalue weighted by Gasteiger charge is 2.30. The van der Waals surface area contributed by atoms with Crippen LogP contribution in [0.4, 0.5) is 13.2 Å². The van der Waals surface area contributed by atoms with Crippen LogP contribution in [0.2, 0.25) is 0 Å². The highest BCUT2D eigenvalue weighted by molar-refractivity contribution is 5.50. The number of unbranched alkanes of at least 4 members (excludes halogenated alkanes) is 2. The number of allylic oxidation sites excluding steroid dienone is 1. The van der Waals surface area contributed by atoms with Gasteiger partial charge in [-0.1, -0.05) is 82.6 Å². The van der Waals surface area contributed by atoms with Crippen LogP contribution in [0.1, 0.15) is 76.7 Å². The summed E-state index contributed by atoms with van der Waals surface area (Å²) in [6, 6.07) is 6.01. The Balaban J connectivity index is 1.64. The molecular weight excluding hydrogens is 337 g/mol. The van der Waals surface area contributed by atoms with Gasteiger partial charge in [-0.3, -0.25) is 0 Å². The molecule has 26 heavy (non-hydrogen) atoms. The first-order valence-corrected chi connectivity index (χ1v) is 9.98. The highest BCUT2D eigenvalue weighted by Crippen LogP contribution is 2.34. The van der Waals surface area contributed by atoms with Crippen LogP contribution < -0.4 is 4.74 Å². The highest BCUT2D eigenvalue weighted by atomic mass is 19.4. The number of benzene rings is 1. The summed E-state index contributed by atoms with van der Waals surface area (Å²) in [5, 5.41) is 0. The first-order chi connectivity index (χ1) is 12.5. The molecule has 1 aliphatic rings. The Bertz CT molecular complexity index is 525. The van der Waals surface area contributed by atoms with E-state index in [2.05, 4.69) is 17.7 Å². The summed E-state index contributed by atoms with van der Waals surface area (Å²) >= 11 is 0. The molecule has 0 atom stereocenters. The second-order valence-corrected chi connectivity index (χ2v) is 7.48. The predicted molar refractivity (Wildman–Crippen MR) is 101 cm³/mol. The number of halogens is 3. The molecule has 1 aliphatic carbocycles. The summed E-state index contributed by atoms with van der Waals surface area (Å²) < 4.78 is 40.3. The van der Waals surface area contributed by atoms with E-state index in [1.54, 1.807) is 12.1 Å². The van der Waals surface area contributed by atoms with E-state index in [0.717, 1.165) is 23.8 Å². The molecule has 1 nitrogen and oxygen atoms in total. The maximum atomic E-state index is 12.1. The van der Waals surface area contributed by atoms with Gasteiger partial charge in [0.1, 0.15) is 5.75 Å². The Morgan fingerprint density at radius 1 is 0.962 bits per heavy atom. The van der Waals surface area contributed by atoms with E-state index in [4.69, 9.17) is 0 Å². The van der Waals surface area contributed by atoms with E-state index in [1.165, 1.54) is 69.9 Å².